The number of esters is 1. The lowest BCUT2D eigenvalue weighted by Crippen LogP contribution is -2.33. The molecule has 0 amide bonds. The Morgan fingerprint density at radius 2 is 1.59 bits per heavy atom. The lowest BCUT2D eigenvalue weighted by Gasteiger charge is -2.23. The van der Waals surface area contributed by atoms with Gasteiger partial charge in [0.25, 0.3) is 0 Å². The van der Waals surface area contributed by atoms with Gasteiger partial charge in [-0.1, -0.05) is 66.2 Å². The lowest BCUT2D eigenvalue weighted by molar-refractivity contribution is 0.0601. The number of hydrogen-bond donors (Lipinski definition) is 2. The molecule has 0 aliphatic heterocycles. The van der Waals surface area contributed by atoms with Crippen LogP contribution < -0.4 is 10.6 Å². The third-order valence-corrected chi connectivity index (χ3v) is 4.95. The normalized spacial score (nSPS) is 11.4. The average molecular weight is 405 g/mol. The van der Waals surface area contributed by atoms with Gasteiger partial charge in [0.05, 0.1) is 18.7 Å². The molecule has 2 N–H and O–H groups in total. The second-order valence-electron chi connectivity index (χ2n) is 6.87. The zero-order valence-electron chi connectivity index (χ0n) is 16.7. The number of aryl methyl sites for hydroxylation is 2. The molecule has 0 unspecified atom stereocenters. The van der Waals surface area contributed by atoms with E-state index in [-0.39, 0.29) is 12.0 Å². The van der Waals surface area contributed by atoms with Gasteiger partial charge in [0.2, 0.25) is 0 Å². The number of hydrogen-bond acceptors (Lipinski definition) is 3. The molecule has 4 nitrogen and oxygen atoms in total. The standard InChI is InChI=1S/C24H24N2O2S/c1-16-9-12-19(13-10-16)22(18-7-5-4-6-8-18)26-24(29)25-21-15-20(23(27)28-3)14-11-17(21)2/h4-15,22H,1-3H3,(H2,25,26,29)/t22-/m0/s1. The Labute approximate surface area is 176 Å². The van der Waals surface area contributed by atoms with Crippen molar-refractivity contribution in [2.45, 2.75) is 19.9 Å². The molecule has 0 spiro atoms. The Kier molecular flexibility index (Phi) is 6.62. The number of carbonyl (C=O) groups is 1. The molecular formula is C24H24N2O2S. The van der Waals surface area contributed by atoms with E-state index in [4.69, 9.17) is 17.0 Å². The Balaban J connectivity index is 1.84. The van der Waals surface area contributed by atoms with Crippen LogP contribution in [0.2, 0.25) is 0 Å². The first-order valence-corrected chi connectivity index (χ1v) is 9.76. The molecule has 1 atom stereocenters. The van der Waals surface area contributed by atoms with Crippen molar-refractivity contribution in [3.05, 3.63) is 101 Å². The van der Waals surface area contributed by atoms with Crippen molar-refractivity contribution in [1.82, 2.24) is 5.32 Å². The summed E-state index contributed by atoms with van der Waals surface area (Å²) in [4.78, 5) is 11.8. The molecule has 0 radical (unpaired) electrons. The van der Waals surface area contributed by atoms with Gasteiger partial charge in [-0.05, 0) is 54.9 Å². The minimum atomic E-state index is -0.381. The molecule has 0 aliphatic rings. The number of carbonyl (C=O) groups excluding carboxylic acids is 1. The van der Waals surface area contributed by atoms with Crippen LogP contribution >= 0.6 is 12.2 Å². The van der Waals surface area contributed by atoms with Crippen molar-refractivity contribution in [3.8, 4) is 0 Å². The summed E-state index contributed by atoms with van der Waals surface area (Å²) in [6.07, 6.45) is 0. The van der Waals surface area contributed by atoms with Gasteiger partial charge in [-0.15, -0.1) is 0 Å². The maximum Gasteiger partial charge on any atom is 0.337 e. The Morgan fingerprint density at radius 3 is 2.24 bits per heavy atom. The number of rotatable bonds is 5. The fourth-order valence-corrected chi connectivity index (χ4v) is 3.28. The zero-order chi connectivity index (χ0) is 20.8. The van der Waals surface area contributed by atoms with Gasteiger partial charge in [-0.3, -0.25) is 0 Å². The Bertz CT molecular complexity index is 1000. The van der Waals surface area contributed by atoms with Gasteiger partial charge in [-0.25, -0.2) is 4.79 Å². The molecule has 3 aromatic rings. The van der Waals surface area contributed by atoms with Crippen LogP contribution in [0.3, 0.4) is 0 Å². The number of nitrogens with one attached hydrogen (secondary N) is 2. The van der Waals surface area contributed by atoms with Gasteiger partial charge in [0.15, 0.2) is 5.11 Å². The minimum absolute atomic E-state index is 0.0964. The summed E-state index contributed by atoms with van der Waals surface area (Å²) in [6.45, 7) is 4.03. The second-order valence-corrected chi connectivity index (χ2v) is 7.28. The highest BCUT2D eigenvalue weighted by atomic mass is 32.1. The molecule has 3 rings (SSSR count). The first-order valence-electron chi connectivity index (χ1n) is 9.36. The molecule has 0 aromatic heterocycles. The molecule has 0 bridgehead atoms. The van der Waals surface area contributed by atoms with E-state index in [9.17, 15) is 4.79 Å². The SMILES string of the molecule is COC(=O)c1ccc(C)c(NC(=S)N[C@@H](c2ccccc2)c2ccc(C)cc2)c1. The van der Waals surface area contributed by atoms with Crippen LogP contribution in [0, 0.1) is 13.8 Å². The largest absolute Gasteiger partial charge is 0.465 e. The topological polar surface area (TPSA) is 50.4 Å². The number of methoxy groups -OCH3 is 1. The van der Waals surface area contributed by atoms with Crippen molar-refractivity contribution in [2.24, 2.45) is 0 Å². The number of anilines is 1. The summed E-state index contributed by atoms with van der Waals surface area (Å²) in [5.74, 6) is -0.381. The Morgan fingerprint density at radius 1 is 0.931 bits per heavy atom. The maximum absolute atomic E-state index is 11.8. The summed E-state index contributed by atoms with van der Waals surface area (Å²) in [5.41, 5.74) is 5.65. The summed E-state index contributed by atoms with van der Waals surface area (Å²) in [6, 6.07) is 23.8. The molecule has 148 valence electrons. The van der Waals surface area contributed by atoms with Crippen LogP contribution in [-0.4, -0.2) is 18.2 Å². The molecule has 29 heavy (non-hydrogen) atoms. The third kappa shape index (κ3) is 5.21. The van der Waals surface area contributed by atoms with E-state index in [1.807, 2.05) is 31.2 Å². The van der Waals surface area contributed by atoms with Gasteiger partial charge in [0.1, 0.15) is 0 Å². The van der Waals surface area contributed by atoms with Crippen molar-refractivity contribution < 1.29 is 9.53 Å². The van der Waals surface area contributed by atoms with E-state index < -0.39 is 0 Å². The maximum atomic E-state index is 11.8. The molecular weight excluding hydrogens is 380 g/mol. The highest BCUT2D eigenvalue weighted by molar-refractivity contribution is 7.80. The molecule has 3 aromatic carbocycles. The van der Waals surface area contributed by atoms with E-state index in [0.29, 0.717) is 10.7 Å². The molecule has 0 fully saturated rings. The van der Waals surface area contributed by atoms with Crippen molar-refractivity contribution in [3.63, 3.8) is 0 Å². The van der Waals surface area contributed by atoms with Crippen LogP contribution in [0.4, 0.5) is 5.69 Å². The summed E-state index contributed by atoms with van der Waals surface area (Å²) in [5, 5.41) is 7.11. The van der Waals surface area contributed by atoms with E-state index in [1.54, 1.807) is 12.1 Å². The van der Waals surface area contributed by atoms with E-state index in [0.717, 1.165) is 22.4 Å². The van der Waals surface area contributed by atoms with Crippen LogP contribution in [0.1, 0.15) is 38.7 Å². The summed E-state index contributed by atoms with van der Waals surface area (Å²) < 4.78 is 4.81. The predicted octanol–water partition coefficient (Wildman–Crippen LogP) is 5.17. The average Bonchev–Trinajstić information content (AvgIpc) is 2.74. The minimum Gasteiger partial charge on any atom is -0.465 e. The molecule has 0 saturated carbocycles. The van der Waals surface area contributed by atoms with Gasteiger partial charge >= 0.3 is 5.97 Å². The van der Waals surface area contributed by atoms with Crippen LogP contribution in [0.25, 0.3) is 0 Å². The first kappa shape index (κ1) is 20.6. The summed E-state index contributed by atoms with van der Waals surface area (Å²) >= 11 is 5.60. The lowest BCUT2D eigenvalue weighted by atomic mass is 9.98. The highest BCUT2D eigenvalue weighted by Gasteiger charge is 2.16. The van der Waals surface area contributed by atoms with E-state index >= 15 is 0 Å². The highest BCUT2D eigenvalue weighted by Crippen LogP contribution is 2.23. The van der Waals surface area contributed by atoms with E-state index in [1.165, 1.54) is 12.7 Å². The second kappa shape index (κ2) is 9.34. The van der Waals surface area contributed by atoms with Crippen LogP contribution in [0.5, 0.6) is 0 Å². The number of benzene rings is 3. The Hall–Kier alpha value is -3.18. The first-order chi connectivity index (χ1) is 14.0. The molecule has 0 aliphatic carbocycles. The van der Waals surface area contributed by atoms with Gasteiger partial charge in [-0.2, -0.15) is 0 Å². The predicted molar refractivity (Wildman–Crippen MR) is 121 cm³/mol. The molecule has 0 saturated heterocycles. The van der Waals surface area contributed by atoms with E-state index in [2.05, 4.69) is 54.0 Å². The van der Waals surface area contributed by atoms with Crippen molar-refractivity contribution in [1.29, 1.82) is 0 Å². The van der Waals surface area contributed by atoms with Gasteiger partial charge in [0, 0.05) is 5.69 Å². The third-order valence-electron chi connectivity index (χ3n) is 4.73. The van der Waals surface area contributed by atoms with Crippen LogP contribution in [-0.2, 0) is 4.74 Å². The molecule has 5 heteroatoms. The smallest absolute Gasteiger partial charge is 0.337 e. The fourth-order valence-electron chi connectivity index (χ4n) is 3.05. The monoisotopic (exact) mass is 404 g/mol. The van der Waals surface area contributed by atoms with Crippen molar-refractivity contribution >= 4 is 29.0 Å². The quantitative estimate of drug-likeness (QED) is 0.454. The zero-order valence-corrected chi connectivity index (χ0v) is 17.5. The van der Waals surface area contributed by atoms with Gasteiger partial charge < -0.3 is 15.4 Å². The van der Waals surface area contributed by atoms with Crippen LogP contribution in [0.15, 0.2) is 72.8 Å². The van der Waals surface area contributed by atoms with Crippen molar-refractivity contribution in [2.75, 3.05) is 12.4 Å². The molecule has 0 heterocycles. The fraction of sp³-hybridized carbons (Fsp3) is 0.167. The number of ether oxygens (including phenoxy) is 1. The number of thiocarbonyl (C=S) groups is 1. The summed E-state index contributed by atoms with van der Waals surface area (Å²) in [7, 11) is 1.37.